The van der Waals surface area contributed by atoms with Gasteiger partial charge in [0.1, 0.15) is 5.84 Å². The van der Waals surface area contributed by atoms with Crippen LogP contribution in [0, 0.1) is 5.41 Å². The van der Waals surface area contributed by atoms with Gasteiger partial charge in [0.15, 0.2) is 0 Å². The number of anilines is 1. The van der Waals surface area contributed by atoms with E-state index in [1.54, 1.807) is 0 Å². The zero-order valence-electron chi connectivity index (χ0n) is 11.0. The van der Waals surface area contributed by atoms with Crippen LogP contribution in [0.2, 0.25) is 5.02 Å². The van der Waals surface area contributed by atoms with Gasteiger partial charge in [0.2, 0.25) is 0 Å². The van der Waals surface area contributed by atoms with Gasteiger partial charge in [-0.25, -0.2) is 0 Å². The van der Waals surface area contributed by atoms with Crippen LogP contribution in [-0.2, 0) is 6.18 Å². The first-order valence-electron chi connectivity index (χ1n) is 6.33. The number of benzene rings is 1. The van der Waals surface area contributed by atoms with Crippen molar-refractivity contribution in [2.24, 2.45) is 16.3 Å². The summed E-state index contributed by atoms with van der Waals surface area (Å²) in [5.74, 6) is 0.0847. The van der Waals surface area contributed by atoms with Crippen LogP contribution in [-0.4, -0.2) is 17.6 Å². The minimum Gasteiger partial charge on any atom is -0.409 e. The topological polar surface area (TPSA) is 70.6 Å². The van der Waals surface area contributed by atoms with E-state index in [4.69, 9.17) is 22.5 Å². The summed E-state index contributed by atoms with van der Waals surface area (Å²) >= 11 is 5.63. The Morgan fingerprint density at radius 1 is 1.43 bits per heavy atom. The van der Waals surface area contributed by atoms with Gasteiger partial charge in [-0.05, 0) is 36.5 Å². The number of oxime groups is 1. The Morgan fingerprint density at radius 2 is 2.10 bits per heavy atom. The van der Waals surface area contributed by atoms with Gasteiger partial charge in [-0.2, -0.15) is 13.2 Å². The van der Waals surface area contributed by atoms with Crippen LogP contribution in [0.25, 0.3) is 0 Å². The van der Waals surface area contributed by atoms with Crippen molar-refractivity contribution in [1.82, 2.24) is 0 Å². The predicted molar refractivity (Wildman–Crippen MR) is 74.6 cm³/mol. The van der Waals surface area contributed by atoms with Gasteiger partial charge in [-0.3, -0.25) is 0 Å². The normalized spacial score (nSPS) is 17.6. The summed E-state index contributed by atoms with van der Waals surface area (Å²) in [5.41, 5.74) is 4.41. The molecule has 1 aromatic carbocycles. The van der Waals surface area contributed by atoms with Crippen molar-refractivity contribution in [3.8, 4) is 0 Å². The summed E-state index contributed by atoms with van der Waals surface area (Å²) in [4.78, 5) is 0. The van der Waals surface area contributed by atoms with Crippen molar-refractivity contribution >= 4 is 23.1 Å². The lowest BCUT2D eigenvalue weighted by molar-refractivity contribution is -0.137. The summed E-state index contributed by atoms with van der Waals surface area (Å²) in [6.07, 6.45) is -2.47. The molecule has 0 spiro atoms. The zero-order valence-corrected chi connectivity index (χ0v) is 11.8. The van der Waals surface area contributed by atoms with Gasteiger partial charge < -0.3 is 16.3 Å². The van der Waals surface area contributed by atoms with Gasteiger partial charge in [-0.15, -0.1) is 0 Å². The maximum absolute atomic E-state index is 13.0. The maximum Gasteiger partial charge on any atom is 0.418 e. The summed E-state index contributed by atoms with van der Waals surface area (Å²) in [5, 5.41) is 14.3. The lowest BCUT2D eigenvalue weighted by Gasteiger charge is -2.19. The van der Waals surface area contributed by atoms with E-state index in [0.29, 0.717) is 13.0 Å². The second-order valence-electron chi connectivity index (χ2n) is 5.31. The van der Waals surface area contributed by atoms with E-state index in [9.17, 15) is 13.2 Å². The third-order valence-corrected chi connectivity index (χ3v) is 3.82. The van der Waals surface area contributed by atoms with Gasteiger partial charge in [0, 0.05) is 23.7 Å². The van der Waals surface area contributed by atoms with Gasteiger partial charge in [0.05, 0.1) is 5.56 Å². The monoisotopic (exact) mass is 321 g/mol. The molecule has 0 bridgehead atoms. The molecule has 0 unspecified atom stereocenters. The SMILES string of the molecule is NC(CC1(CNc2ccc(Cl)cc2C(F)(F)F)CC1)=NO. The van der Waals surface area contributed by atoms with Crippen LogP contribution in [0.15, 0.2) is 23.4 Å². The highest BCUT2D eigenvalue weighted by atomic mass is 35.5. The number of hydrogen-bond donors (Lipinski definition) is 3. The Kier molecular flexibility index (Phi) is 4.22. The number of hydrogen-bond acceptors (Lipinski definition) is 3. The highest BCUT2D eigenvalue weighted by Crippen LogP contribution is 2.49. The molecule has 4 N–H and O–H groups in total. The highest BCUT2D eigenvalue weighted by molar-refractivity contribution is 6.30. The quantitative estimate of drug-likeness (QED) is 0.335. The second-order valence-corrected chi connectivity index (χ2v) is 5.75. The molecule has 1 saturated carbocycles. The molecule has 1 aromatic rings. The summed E-state index contributed by atoms with van der Waals surface area (Å²) in [6.45, 7) is 0.327. The smallest absolute Gasteiger partial charge is 0.409 e. The van der Waals surface area contributed by atoms with Crippen LogP contribution in [0.1, 0.15) is 24.8 Å². The molecule has 116 valence electrons. The fraction of sp³-hybridized carbons (Fsp3) is 0.462. The Morgan fingerprint density at radius 3 is 2.62 bits per heavy atom. The number of nitrogens with one attached hydrogen (secondary N) is 1. The highest BCUT2D eigenvalue weighted by Gasteiger charge is 2.43. The lowest BCUT2D eigenvalue weighted by Crippen LogP contribution is -2.24. The molecule has 8 heteroatoms. The first-order valence-corrected chi connectivity index (χ1v) is 6.71. The number of rotatable bonds is 5. The summed E-state index contributed by atoms with van der Waals surface area (Å²) in [6, 6.07) is 3.61. The molecule has 0 aliphatic heterocycles. The average Bonchev–Trinajstić information content (AvgIpc) is 3.16. The van der Waals surface area contributed by atoms with Crippen molar-refractivity contribution in [2.75, 3.05) is 11.9 Å². The Balaban J connectivity index is 2.11. The van der Waals surface area contributed by atoms with Crippen molar-refractivity contribution in [1.29, 1.82) is 0 Å². The van der Waals surface area contributed by atoms with Crippen molar-refractivity contribution < 1.29 is 18.4 Å². The molecule has 0 amide bonds. The van der Waals surface area contributed by atoms with Gasteiger partial charge in [0.25, 0.3) is 0 Å². The van der Waals surface area contributed by atoms with Crippen LogP contribution in [0.5, 0.6) is 0 Å². The lowest BCUT2D eigenvalue weighted by atomic mass is 10.0. The molecule has 1 aliphatic rings. The molecule has 21 heavy (non-hydrogen) atoms. The number of nitrogens with zero attached hydrogens (tertiary/aromatic N) is 1. The average molecular weight is 322 g/mol. The second kappa shape index (κ2) is 5.63. The molecule has 0 saturated heterocycles. The molecule has 1 fully saturated rings. The maximum atomic E-state index is 13.0. The fourth-order valence-electron chi connectivity index (χ4n) is 2.20. The number of amidine groups is 1. The van der Waals surface area contributed by atoms with E-state index in [1.807, 2.05) is 0 Å². The summed E-state index contributed by atoms with van der Waals surface area (Å²) < 4.78 is 38.9. The van der Waals surface area contributed by atoms with Crippen LogP contribution in [0.4, 0.5) is 18.9 Å². The molecule has 1 aliphatic carbocycles. The van der Waals surface area contributed by atoms with E-state index in [-0.39, 0.29) is 22.0 Å². The van der Waals surface area contributed by atoms with Crippen LogP contribution < -0.4 is 11.1 Å². The van der Waals surface area contributed by atoms with E-state index >= 15 is 0 Å². The number of alkyl halides is 3. The van der Waals surface area contributed by atoms with Gasteiger partial charge >= 0.3 is 6.18 Å². The molecular weight excluding hydrogens is 307 g/mol. The van der Waals surface area contributed by atoms with Gasteiger partial charge in [-0.1, -0.05) is 16.8 Å². The molecule has 0 heterocycles. The van der Waals surface area contributed by atoms with E-state index in [2.05, 4.69) is 10.5 Å². The van der Waals surface area contributed by atoms with Crippen molar-refractivity contribution in [2.45, 2.75) is 25.4 Å². The van der Waals surface area contributed by atoms with Crippen molar-refractivity contribution in [3.63, 3.8) is 0 Å². The van der Waals surface area contributed by atoms with E-state index < -0.39 is 11.7 Å². The summed E-state index contributed by atoms with van der Waals surface area (Å²) in [7, 11) is 0. The molecule has 4 nitrogen and oxygen atoms in total. The Labute approximate surface area is 124 Å². The molecule has 0 aromatic heterocycles. The minimum absolute atomic E-state index is 0.0160. The number of nitrogens with two attached hydrogens (primary N) is 1. The predicted octanol–water partition coefficient (Wildman–Crippen LogP) is 3.69. The van der Waals surface area contributed by atoms with Crippen LogP contribution in [0.3, 0.4) is 0 Å². The fourth-order valence-corrected chi connectivity index (χ4v) is 2.37. The minimum atomic E-state index is -4.48. The van der Waals surface area contributed by atoms with Crippen molar-refractivity contribution in [3.05, 3.63) is 28.8 Å². The first kappa shape index (κ1) is 15.8. The standard InChI is InChI=1S/C13H15ClF3N3O/c14-8-1-2-10(9(5-8)13(15,16)17)19-7-12(3-4-12)6-11(18)20-21/h1-2,5,19,21H,3-4,6-7H2,(H2,18,20). The molecule has 0 atom stereocenters. The van der Waals surface area contributed by atoms with E-state index in [0.717, 1.165) is 18.9 Å². The third-order valence-electron chi connectivity index (χ3n) is 3.58. The zero-order chi connectivity index (χ0) is 15.7. The molecule has 0 radical (unpaired) electrons. The van der Waals surface area contributed by atoms with Crippen LogP contribution >= 0.6 is 11.6 Å². The number of halogens is 4. The third kappa shape index (κ3) is 3.93. The largest absolute Gasteiger partial charge is 0.418 e. The molecular formula is C13H15ClF3N3O. The van der Waals surface area contributed by atoms with E-state index in [1.165, 1.54) is 12.1 Å². The Bertz CT molecular complexity index is 556. The first-order chi connectivity index (χ1) is 9.76. The molecule has 2 rings (SSSR count). The Hall–Kier alpha value is -1.63.